The quantitative estimate of drug-likeness (QED) is 0.713. The van der Waals surface area contributed by atoms with Gasteiger partial charge >= 0.3 is 5.97 Å². The second-order valence-electron chi connectivity index (χ2n) is 3.84. The van der Waals surface area contributed by atoms with E-state index in [1.54, 1.807) is 0 Å². The van der Waals surface area contributed by atoms with Crippen LogP contribution >= 0.6 is 0 Å². The highest BCUT2D eigenvalue weighted by Gasteiger charge is 2.03. The molecule has 0 aromatic carbocycles. The van der Waals surface area contributed by atoms with Gasteiger partial charge in [-0.05, 0) is 26.7 Å². The zero-order chi connectivity index (χ0) is 10.9. The first-order valence-corrected chi connectivity index (χ1v) is 4.84. The second-order valence-corrected chi connectivity index (χ2v) is 3.84. The molecule has 0 aromatic rings. The van der Waals surface area contributed by atoms with E-state index < -0.39 is 5.97 Å². The Morgan fingerprint density at radius 3 is 1.85 bits per heavy atom. The Kier molecular flexibility index (Phi) is 9.24. The first kappa shape index (κ1) is 14.9. The van der Waals surface area contributed by atoms with Crippen molar-refractivity contribution in [2.24, 2.45) is 5.73 Å². The molecule has 0 saturated heterocycles. The van der Waals surface area contributed by atoms with Gasteiger partial charge in [0.05, 0.1) is 0 Å². The molecule has 3 nitrogen and oxygen atoms in total. The molecule has 0 atom stereocenters. The highest BCUT2D eigenvalue weighted by Crippen LogP contribution is 1.99. The van der Waals surface area contributed by atoms with Crippen LogP contribution in [0.1, 0.15) is 53.4 Å². The standard InChI is InChI=1S/C5H13N.C5H10O2/c1-4-5(2,3)6;1-2-3-4-5(6)7/h4,6H2,1-3H3;2-4H2,1H3,(H,6,7). The van der Waals surface area contributed by atoms with Crippen molar-refractivity contribution in [1.82, 2.24) is 0 Å². The molecule has 0 amide bonds. The van der Waals surface area contributed by atoms with Gasteiger partial charge in [-0.1, -0.05) is 20.3 Å². The van der Waals surface area contributed by atoms with Gasteiger partial charge in [0, 0.05) is 12.0 Å². The lowest BCUT2D eigenvalue weighted by molar-refractivity contribution is -0.137. The summed E-state index contributed by atoms with van der Waals surface area (Å²) < 4.78 is 0. The summed E-state index contributed by atoms with van der Waals surface area (Å²) in [6.07, 6.45) is 3.13. The molecule has 13 heavy (non-hydrogen) atoms. The van der Waals surface area contributed by atoms with Gasteiger partial charge in [0.15, 0.2) is 0 Å². The van der Waals surface area contributed by atoms with Gasteiger partial charge in [0.25, 0.3) is 0 Å². The maximum atomic E-state index is 9.76. The van der Waals surface area contributed by atoms with E-state index in [9.17, 15) is 4.79 Å². The average molecular weight is 189 g/mol. The summed E-state index contributed by atoms with van der Waals surface area (Å²) in [5.41, 5.74) is 5.58. The minimum atomic E-state index is -0.693. The zero-order valence-electron chi connectivity index (χ0n) is 9.26. The molecule has 80 valence electrons. The Morgan fingerprint density at radius 1 is 1.38 bits per heavy atom. The fourth-order valence-corrected chi connectivity index (χ4v) is 0.328. The summed E-state index contributed by atoms with van der Waals surface area (Å²) in [7, 11) is 0. The highest BCUT2D eigenvalue weighted by molar-refractivity contribution is 5.66. The van der Waals surface area contributed by atoms with Crippen LogP contribution in [0.4, 0.5) is 0 Å². The van der Waals surface area contributed by atoms with Crippen LogP contribution < -0.4 is 5.73 Å². The van der Waals surface area contributed by atoms with Crippen LogP contribution in [0.3, 0.4) is 0 Å². The average Bonchev–Trinajstić information content (AvgIpc) is 2.01. The molecule has 0 aliphatic heterocycles. The van der Waals surface area contributed by atoms with Crippen molar-refractivity contribution in [2.75, 3.05) is 0 Å². The first-order valence-electron chi connectivity index (χ1n) is 4.84. The van der Waals surface area contributed by atoms with Crippen LogP contribution in [0.2, 0.25) is 0 Å². The molecule has 3 N–H and O–H groups in total. The van der Waals surface area contributed by atoms with Gasteiger partial charge in [-0.25, -0.2) is 0 Å². The van der Waals surface area contributed by atoms with E-state index in [0.717, 1.165) is 19.3 Å². The summed E-state index contributed by atoms with van der Waals surface area (Å²) in [5.74, 6) is -0.693. The molecular weight excluding hydrogens is 166 g/mol. The molecule has 0 unspecified atom stereocenters. The minimum Gasteiger partial charge on any atom is -0.481 e. The summed E-state index contributed by atoms with van der Waals surface area (Å²) in [6.45, 7) is 8.10. The molecule has 0 aliphatic carbocycles. The lowest BCUT2D eigenvalue weighted by Crippen LogP contribution is -2.30. The van der Waals surface area contributed by atoms with Gasteiger partial charge < -0.3 is 10.8 Å². The molecule has 0 aliphatic rings. The van der Waals surface area contributed by atoms with Crippen molar-refractivity contribution in [2.45, 2.75) is 58.9 Å². The Morgan fingerprint density at radius 2 is 1.77 bits per heavy atom. The third-order valence-electron chi connectivity index (χ3n) is 1.66. The lowest BCUT2D eigenvalue weighted by Gasteiger charge is -2.13. The maximum Gasteiger partial charge on any atom is 0.303 e. The summed E-state index contributed by atoms with van der Waals surface area (Å²) in [4.78, 5) is 9.76. The lowest BCUT2D eigenvalue weighted by atomic mass is 10.1. The topological polar surface area (TPSA) is 63.3 Å². The van der Waals surface area contributed by atoms with Gasteiger partial charge in [-0.2, -0.15) is 0 Å². The molecule has 0 aromatic heterocycles. The van der Waals surface area contributed by atoms with E-state index >= 15 is 0 Å². The number of nitrogens with two attached hydrogens (primary N) is 1. The molecular formula is C10H23NO2. The van der Waals surface area contributed by atoms with Crippen molar-refractivity contribution < 1.29 is 9.90 Å². The van der Waals surface area contributed by atoms with Gasteiger partial charge in [-0.15, -0.1) is 0 Å². The van der Waals surface area contributed by atoms with E-state index in [2.05, 4.69) is 6.92 Å². The fraction of sp³-hybridized carbons (Fsp3) is 0.900. The SMILES string of the molecule is CCC(C)(C)N.CCCCC(=O)O. The fourth-order valence-electron chi connectivity index (χ4n) is 0.328. The second kappa shape index (κ2) is 8.05. The Bertz CT molecular complexity index is 127. The third-order valence-corrected chi connectivity index (χ3v) is 1.66. The number of carboxylic acid groups (broad SMARTS) is 1. The van der Waals surface area contributed by atoms with E-state index in [0.29, 0.717) is 6.42 Å². The summed E-state index contributed by atoms with van der Waals surface area (Å²) in [6, 6.07) is 0. The van der Waals surface area contributed by atoms with Crippen LogP contribution in [0.5, 0.6) is 0 Å². The van der Waals surface area contributed by atoms with Crippen molar-refractivity contribution in [1.29, 1.82) is 0 Å². The number of hydrogen-bond donors (Lipinski definition) is 2. The minimum absolute atomic E-state index is 0.0417. The molecule has 0 heterocycles. The smallest absolute Gasteiger partial charge is 0.303 e. The Labute approximate surface area is 81.3 Å². The van der Waals surface area contributed by atoms with Crippen LogP contribution in [-0.4, -0.2) is 16.6 Å². The van der Waals surface area contributed by atoms with Crippen LogP contribution in [0, 0.1) is 0 Å². The van der Waals surface area contributed by atoms with E-state index in [4.69, 9.17) is 10.8 Å². The monoisotopic (exact) mass is 189 g/mol. The third kappa shape index (κ3) is 24.6. The van der Waals surface area contributed by atoms with Crippen LogP contribution in [0.25, 0.3) is 0 Å². The Balaban J connectivity index is 0. The normalized spacial score (nSPS) is 10.2. The van der Waals surface area contributed by atoms with Gasteiger partial charge in [0.2, 0.25) is 0 Å². The molecule has 0 fully saturated rings. The molecule has 0 rings (SSSR count). The molecule has 3 heteroatoms. The predicted octanol–water partition coefficient (Wildman–Crippen LogP) is 2.39. The predicted molar refractivity (Wildman–Crippen MR) is 55.7 cm³/mol. The van der Waals surface area contributed by atoms with E-state index in [-0.39, 0.29) is 5.54 Å². The first-order chi connectivity index (χ1) is 5.83. The van der Waals surface area contributed by atoms with Gasteiger partial charge in [-0.3, -0.25) is 4.79 Å². The number of hydrogen-bond acceptors (Lipinski definition) is 2. The zero-order valence-corrected chi connectivity index (χ0v) is 9.26. The molecule has 0 spiro atoms. The van der Waals surface area contributed by atoms with Crippen molar-refractivity contribution in [3.63, 3.8) is 0 Å². The number of aliphatic carboxylic acids is 1. The van der Waals surface area contributed by atoms with Crippen molar-refractivity contribution in [3.05, 3.63) is 0 Å². The molecule has 0 saturated carbocycles. The van der Waals surface area contributed by atoms with E-state index in [1.807, 2.05) is 20.8 Å². The largest absolute Gasteiger partial charge is 0.481 e. The molecule has 0 bridgehead atoms. The maximum absolute atomic E-state index is 9.76. The van der Waals surface area contributed by atoms with Gasteiger partial charge in [0.1, 0.15) is 0 Å². The number of carboxylic acids is 1. The Hall–Kier alpha value is -0.570. The van der Waals surface area contributed by atoms with Crippen molar-refractivity contribution in [3.8, 4) is 0 Å². The summed E-state index contributed by atoms with van der Waals surface area (Å²) in [5, 5.41) is 8.04. The number of rotatable bonds is 4. The van der Waals surface area contributed by atoms with Crippen LogP contribution in [0.15, 0.2) is 0 Å². The van der Waals surface area contributed by atoms with E-state index in [1.165, 1.54) is 0 Å². The number of unbranched alkanes of at least 4 members (excludes halogenated alkanes) is 1. The van der Waals surface area contributed by atoms with Crippen molar-refractivity contribution >= 4 is 5.97 Å². The molecule has 0 radical (unpaired) electrons. The van der Waals surface area contributed by atoms with Crippen LogP contribution in [-0.2, 0) is 4.79 Å². The summed E-state index contributed by atoms with van der Waals surface area (Å²) >= 11 is 0. The highest BCUT2D eigenvalue weighted by atomic mass is 16.4. The number of carbonyl (C=O) groups is 1.